The van der Waals surface area contributed by atoms with Crippen molar-refractivity contribution in [2.45, 2.75) is 17.6 Å². The minimum Gasteiger partial charge on any atom is -0.480 e. The Morgan fingerprint density at radius 3 is 2.52 bits per heavy atom. The molecule has 1 saturated heterocycles. The van der Waals surface area contributed by atoms with Gasteiger partial charge in [0.2, 0.25) is 5.88 Å². The highest BCUT2D eigenvalue weighted by atomic mass is 32.2. The molecule has 1 aliphatic rings. The number of rotatable bonds is 6. The molecule has 0 radical (unpaired) electrons. The van der Waals surface area contributed by atoms with Crippen LogP contribution in [0.15, 0.2) is 40.1 Å². The number of ether oxygens (including phenoxy) is 1. The average molecular weight is 463 g/mol. The summed E-state index contributed by atoms with van der Waals surface area (Å²) in [6.07, 6.45) is 2.10. The van der Waals surface area contributed by atoms with E-state index >= 15 is 0 Å². The Hall–Kier alpha value is -2.83. The smallest absolute Gasteiger partial charge is 0.257 e. The highest BCUT2D eigenvalue weighted by molar-refractivity contribution is 7.91. The number of aromatic nitrogens is 4. The molecule has 0 N–H and O–H groups in total. The first-order chi connectivity index (χ1) is 15.0. The van der Waals surface area contributed by atoms with E-state index in [4.69, 9.17) is 4.74 Å². The van der Waals surface area contributed by atoms with Gasteiger partial charge in [0, 0.05) is 32.2 Å². The highest BCUT2D eigenvalue weighted by Gasteiger charge is 2.32. The molecule has 0 atom stereocenters. The van der Waals surface area contributed by atoms with E-state index in [2.05, 4.69) is 15.3 Å². The van der Waals surface area contributed by atoms with Crippen molar-refractivity contribution in [1.82, 2.24) is 29.2 Å². The maximum absolute atomic E-state index is 13.2. The molecule has 4 rings (SSSR count). The van der Waals surface area contributed by atoms with E-state index < -0.39 is 10.0 Å². The molecule has 3 aromatic heterocycles. The molecule has 1 fully saturated rings. The second-order valence-electron chi connectivity index (χ2n) is 6.83. The Balaban J connectivity index is 1.50. The van der Waals surface area contributed by atoms with E-state index in [-0.39, 0.29) is 19.0 Å². The molecule has 3 aromatic rings. The lowest BCUT2D eigenvalue weighted by Crippen LogP contribution is -2.50. The van der Waals surface area contributed by atoms with Gasteiger partial charge in [-0.1, -0.05) is 13.0 Å². The molecule has 10 nitrogen and oxygen atoms in total. The molecular formula is C19H22N6O4S2. The molecule has 0 saturated carbocycles. The fourth-order valence-electron chi connectivity index (χ4n) is 3.46. The van der Waals surface area contributed by atoms with Crippen LogP contribution in [0.25, 0.3) is 5.82 Å². The quantitative estimate of drug-likeness (QED) is 0.545. The topological polar surface area (TPSA) is 111 Å². The summed E-state index contributed by atoms with van der Waals surface area (Å²) in [6, 6.07) is 6.72. The summed E-state index contributed by atoms with van der Waals surface area (Å²) in [6.45, 7) is 3.09. The van der Waals surface area contributed by atoms with Gasteiger partial charge < -0.3 is 9.64 Å². The van der Waals surface area contributed by atoms with Crippen LogP contribution < -0.4 is 4.74 Å². The van der Waals surface area contributed by atoms with E-state index in [1.54, 1.807) is 39.2 Å². The van der Waals surface area contributed by atoms with Crippen LogP contribution in [0.3, 0.4) is 0 Å². The summed E-state index contributed by atoms with van der Waals surface area (Å²) < 4.78 is 33.8. The van der Waals surface area contributed by atoms with Gasteiger partial charge in [-0.25, -0.2) is 13.1 Å². The molecule has 1 amide bonds. The van der Waals surface area contributed by atoms with Gasteiger partial charge in [-0.15, -0.1) is 21.5 Å². The summed E-state index contributed by atoms with van der Waals surface area (Å²) in [7, 11) is -2.00. The number of piperazine rings is 1. The number of hydrogen-bond donors (Lipinski definition) is 0. The Kier molecular flexibility index (Phi) is 6.03. The minimum absolute atomic E-state index is 0.169. The zero-order chi connectivity index (χ0) is 22.0. The molecule has 0 spiro atoms. The van der Waals surface area contributed by atoms with Gasteiger partial charge in [-0.2, -0.15) is 9.40 Å². The normalized spacial score (nSPS) is 15.2. The van der Waals surface area contributed by atoms with Crippen LogP contribution in [-0.4, -0.2) is 76.8 Å². The summed E-state index contributed by atoms with van der Waals surface area (Å²) in [5.41, 5.74) is 1.20. The maximum Gasteiger partial charge on any atom is 0.257 e. The molecule has 0 aliphatic carbocycles. The lowest BCUT2D eigenvalue weighted by Gasteiger charge is -2.33. The first kappa shape index (κ1) is 21.4. The number of sulfonamides is 1. The Bertz CT molecular complexity index is 1150. The molecule has 0 unspecified atom stereocenters. The van der Waals surface area contributed by atoms with Crippen LogP contribution in [0.2, 0.25) is 0 Å². The van der Waals surface area contributed by atoms with Crippen LogP contribution >= 0.6 is 11.3 Å². The van der Waals surface area contributed by atoms with Crippen LogP contribution in [-0.2, 0) is 16.4 Å². The third-order valence-electron chi connectivity index (χ3n) is 5.10. The zero-order valence-electron chi connectivity index (χ0n) is 17.1. The van der Waals surface area contributed by atoms with Gasteiger partial charge in [0.05, 0.1) is 24.6 Å². The lowest BCUT2D eigenvalue weighted by molar-refractivity contribution is 0.0697. The molecular weight excluding hydrogens is 440 g/mol. The van der Waals surface area contributed by atoms with Gasteiger partial charge in [-0.3, -0.25) is 4.79 Å². The largest absolute Gasteiger partial charge is 0.480 e. The van der Waals surface area contributed by atoms with Crippen LogP contribution in [0.1, 0.15) is 23.0 Å². The number of carbonyl (C=O) groups is 1. The molecule has 4 heterocycles. The first-order valence-electron chi connectivity index (χ1n) is 9.73. The fourth-order valence-corrected chi connectivity index (χ4v) is 6.03. The minimum atomic E-state index is -3.51. The van der Waals surface area contributed by atoms with Crippen LogP contribution in [0.5, 0.6) is 5.88 Å². The summed E-state index contributed by atoms with van der Waals surface area (Å²) in [4.78, 5) is 14.8. The number of methoxy groups -OCH3 is 1. The number of thiophene rings is 1. The zero-order valence-corrected chi connectivity index (χ0v) is 18.8. The van der Waals surface area contributed by atoms with Crippen molar-refractivity contribution in [3.63, 3.8) is 0 Å². The molecule has 0 aromatic carbocycles. The third kappa shape index (κ3) is 4.05. The van der Waals surface area contributed by atoms with Crippen LogP contribution in [0, 0.1) is 0 Å². The molecule has 1 aliphatic heterocycles. The Morgan fingerprint density at radius 1 is 1.16 bits per heavy atom. The van der Waals surface area contributed by atoms with Crippen molar-refractivity contribution in [3.05, 3.63) is 47.1 Å². The number of carbonyl (C=O) groups excluding carboxylic acids is 1. The van der Waals surface area contributed by atoms with Crippen LogP contribution in [0.4, 0.5) is 0 Å². The second kappa shape index (κ2) is 8.73. The highest BCUT2D eigenvalue weighted by Crippen LogP contribution is 2.23. The van der Waals surface area contributed by atoms with E-state index in [0.29, 0.717) is 41.0 Å². The Morgan fingerprint density at radius 2 is 1.94 bits per heavy atom. The maximum atomic E-state index is 13.2. The first-order valence-corrected chi connectivity index (χ1v) is 12.1. The van der Waals surface area contributed by atoms with Crippen molar-refractivity contribution >= 4 is 27.3 Å². The van der Waals surface area contributed by atoms with Gasteiger partial charge in [0.15, 0.2) is 5.82 Å². The lowest BCUT2D eigenvalue weighted by atomic mass is 10.1. The third-order valence-corrected chi connectivity index (χ3v) is 8.37. The van der Waals surface area contributed by atoms with E-state index in [1.807, 2.05) is 6.92 Å². The predicted octanol–water partition coefficient (Wildman–Crippen LogP) is 1.44. The average Bonchev–Trinajstić information content (AvgIpc) is 3.49. The van der Waals surface area contributed by atoms with Gasteiger partial charge >= 0.3 is 0 Å². The molecule has 12 heteroatoms. The monoisotopic (exact) mass is 462 g/mol. The second-order valence-corrected chi connectivity index (χ2v) is 9.95. The SMILES string of the molecule is CCc1c(C(=O)N2CCN(S(=O)(=O)c3cccs3)CC2)cnn1-c1ccc(OC)nn1. The van der Waals surface area contributed by atoms with Crippen molar-refractivity contribution < 1.29 is 17.9 Å². The van der Waals surface area contributed by atoms with Gasteiger partial charge in [-0.05, 0) is 23.9 Å². The van der Waals surface area contributed by atoms with E-state index in [9.17, 15) is 13.2 Å². The van der Waals surface area contributed by atoms with E-state index in [1.165, 1.54) is 28.9 Å². The summed E-state index contributed by atoms with van der Waals surface area (Å²) in [5.74, 6) is 0.710. The fraction of sp³-hybridized carbons (Fsp3) is 0.368. The predicted molar refractivity (Wildman–Crippen MR) is 114 cm³/mol. The van der Waals surface area contributed by atoms with E-state index in [0.717, 1.165) is 5.69 Å². The van der Waals surface area contributed by atoms with Crippen molar-refractivity contribution in [3.8, 4) is 11.7 Å². The standard InChI is InChI=1S/C19H22N6O4S2/c1-3-15-14(13-20-25(15)16-6-7-17(29-2)22-21-16)19(26)23-8-10-24(11-9-23)31(27,28)18-5-4-12-30-18/h4-7,12-13H,3,8-11H2,1-2H3. The summed E-state index contributed by atoms with van der Waals surface area (Å²) >= 11 is 1.20. The summed E-state index contributed by atoms with van der Waals surface area (Å²) in [5, 5.41) is 14.1. The number of amides is 1. The Labute approximate surface area is 184 Å². The van der Waals surface area contributed by atoms with Gasteiger partial charge in [0.1, 0.15) is 4.21 Å². The molecule has 164 valence electrons. The molecule has 31 heavy (non-hydrogen) atoms. The van der Waals surface area contributed by atoms with Crippen molar-refractivity contribution in [2.24, 2.45) is 0 Å². The van der Waals surface area contributed by atoms with Crippen molar-refractivity contribution in [2.75, 3.05) is 33.3 Å². The van der Waals surface area contributed by atoms with Gasteiger partial charge in [0.25, 0.3) is 15.9 Å². The molecule has 0 bridgehead atoms. The number of nitrogens with zero attached hydrogens (tertiary/aromatic N) is 6. The number of hydrogen-bond acceptors (Lipinski definition) is 8. The van der Waals surface area contributed by atoms with Crippen molar-refractivity contribution in [1.29, 1.82) is 0 Å².